The van der Waals surface area contributed by atoms with Crippen molar-refractivity contribution in [2.45, 2.75) is 12.5 Å². The molecule has 0 saturated carbocycles. The van der Waals surface area contributed by atoms with Gasteiger partial charge in [0.15, 0.2) is 0 Å². The van der Waals surface area contributed by atoms with Crippen LogP contribution in [0.3, 0.4) is 0 Å². The van der Waals surface area contributed by atoms with Crippen LogP contribution in [0.4, 0.5) is 0 Å². The van der Waals surface area contributed by atoms with Crippen molar-refractivity contribution in [3.8, 4) is 0 Å². The first-order chi connectivity index (χ1) is 8.59. The van der Waals surface area contributed by atoms with E-state index in [0.29, 0.717) is 22.0 Å². The van der Waals surface area contributed by atoms with Crippen molar-refractivity contribution in [3.63, 3.8) is 0 Å². The van der Waals surface area contributed by atoms with Crippen LogP contribution in [0.2, 0.25) is 10.0 Å². The van der Waals surface area contributed by atoms with Crippen LogP contribution in [0, 0.1) is 0 Å². The third-order valence-corrected chi connectivity index (χ3v) is 4.39. The summed E-state index contributed by atoms with van der Waals surface area (Å²) in [4.78, 5) is 0. The molecule has 0 amide bonds. The predicted molar refractivity (Wildman–Crippen MR) is 79.3 cm³/mol. The number of rotatable bonds is 3. The standard InChI is InChI=1S/C14H11BrCl2O/c15-11-6-3-5-10(14(11)17)13(18)8-9-4-1-2-7-12(9)16/h1-7,13,18H,8H2. The van der Waals surface area contributed by atoms with Crippen molar-refractivity contribution in [2.24, 2.45) is 0 Å². The van der Waals surface area contributed by atoms with E-state index >= 15 is 0 Å². The van der Waals surface area contributed by atoms with E-state index in [9.17, 15) is 5.11 Å². The molecule has 0 aromatic heterocycles. The average molecular weight is 346 g/mol. The van der Waals surface area contributed by atoms with Crippen LogP contribution in [-0.4, -0.2) is 5.11 Å². The highest BCUT2D eigenvalue weighted by molar-refractivity contribution is 9.10. The Hall–Kier alpha value is -0.540. The molecule has 0 saturated heterocycles. The zero-order chi connectivity index (χ0) is 13.1. The lowest BCUT2D eigenvalue weighted by molar-refractivity contribution is 0.178. The molecule has 0 aliphatic carbocycles. The summed E-state index contributed by atoms with van der Waals surface area (Å²) >= 11 is 15.6. The van der Waals surface area contributed by atoms with Gasteiger partial charge < -0.3 is 5.11 Å². The average Bonchev–Trinajstić information content (AvgIpc) is 2.35. The van der Waals surface area contributed by atoms with Crippen molar-refractivity contribution in [1.82, 2.24) is 0 Å². The first kappa shape index (κ1) is 13.9. The highest BCUT2D eigenvalue weighted by Crippen LogP contribution is 2.32. The molecule has 2 rings (SSSR count). The van der Waals surface area contributed by atoms with Gasteiger partial charge in [0.05, 0.1) is 11.1 Å². The van der Waals surface area contributed by atoms with E-state index in [1.807, 2.05) is 42.5 Å². The van der Waals surface area contributed by atoms with Crippen molar-refractivity contribution in [1.29, 1.82) is 0 Å². The van der Waals surface area contributed by atoms with Crippen molar-refractivity contribution < 1.29 is 5.11 Å². The quantitative estimate of drug-likeness (QED) is 0.826. The van der Waals surface area contributed by atoms with Crippen LogP contribution in [0.5, 0.6) is 0 Å². The monoisotopic (exact) mass is 344 g/mol. The maximum Gasteiger partial charge on any atom is 0.0845 e. The second kappa shape index (κ2) is 6.07. The Morgan fingerprint density at radius 3 is 2.50 bits per heavy atom. The van der Waals surface area contributed by atoms with Crippen LogP contribution in [0.25, 0.3) is 0 Å². The molecule has 1 unspecified atom stereocenters. The Bertz CT molecular complexity index is 557. The molecule has 4 heteroatoms. The minimum Gasteiger partial charge on any atom is -0.388 e. The highest BCUT2D eigenvalue weighted by atomic mass is 79.9. The smallest absolute Gasteiger partial charge is 0.0845 e. The highest BCUT2D eigenvalue weighted by Gasteiger charge is 2.15. The molecule has 1 atom stereocenters. The van der Waals surface area contributed by atoms with Crippen LogP contribution < -0.4 is 0 Å². The molecule has 0 spiro atoms. The van der Waals surface area contributed by atoms with Crippen molar-refractivity contribution in [3.05, 3.63) is 68.1 Å². The number of halogens is 3. The lowest BCUT2D eigenvalue weighted by Gasteiger charge is -2.14. The molecule has 2 aromatic rings. The van der Waals surface area contributed by atoms with E-state index in [1.54, 1.807) is 0 Å². The van der Waals surface area contributed by atoms with E-state index in [-0.39, 0.29) is 0 Å². The van der Waals surface area contributed by atoms with Gasteiger partial charge in [-0.1, -0.05) is 53.5 Å². The molecular formula is C14H11BrCl2O. The Labute approximate surface area is 124 Å². The van der Waals surface area contributed by atoms with Crippen LogP contribution in [0.15, 0.2) is 46.9 Å². The predicted octanol–water partition coefficient (Wildman–Crippen LogP) is 5.03. The van der Waals surface area contributed by atoms with E-state index in [0.717, 1.165) is 10.0 Å². The largest absolute Gasteiger partial charge is 0.388 e. The summed E-state index contributed by atoms with van der Waals surface area (Å²) in [7, 11) is 0. The Morgan fingerprint density at radius 2 is 1.78 bits per heavy atom. The first-order valence-electron chi connectivity index (χ1n) is 5.45. The first-order valence-corrected chi connectivity index (χ1v) is 7.00. The SMILES string of the molecule is OC(Cc1ccccc1Cl)c1cccc(Br)c1Cl. The summed E-state index contributed by atoms with van der Waals surface area (Å²) in [6.45, 7) is 0. The van der Waals surface area contributed by atoms with Gasteiger partial charge in [0.1, 0.15) is 0 Å². The van der Waals surface area contributed by atoms with Crippen molar-refractivity contribution >= 4 is 39.1 Å². The number of hydrogen-bond acceptors (Lipinski definition) is 1. The second-order valence-corrected chi connectivity index (χ2v) is 5.59. The molecule has 18 heavy (non-hydrogen) atoms. The Kier molecular flexibility index (Phi) is 4.68. The van der Waals surface area contributed by atoms with Crippen LogP contribution in [-0.2, 0) is 6.42 Å². The van der Waals surface area contributed by atoms with Gasteiger partial charge >= 0.3 is 0 Å². The van der Waals surface area contributed by atoms with Gasteiger partial charge in [-0.2, -0.15) is 0 Å². The lowest BCUT2D eigenvalue weighted by Crippen LogP contribution is -2.03. The fourth-order valence-corrected chi connectivity index (χ4v) is 2.61. The molecule has 0 heterocycles. The molecule has 94 valence electrons. The summed E-state index contributed by atoms with van der Waals surface area (Å²) < 4.78 is 0.778. The van der Waals surface area contributed by atoms with Crippen molar-refractivity contribution in [2.75, 3.05) is 0 Å². The van der Waals surface area contributed by atoms with Gasteiger partial charge in [0.25, 0.3) is 0 Å². The van der Waals surface area contributed by atoms with Gasteiger partial charge in [0, 0.05) is 21.5 Å². The Morgan fingerprint density at radius 1 is 1.06 bits per heavy atom. The topological polar surface area (TPSA) is 20.2 Å². The summed E-state index contributed by atoms with van der Waals surface area (Å²) in [5, 5.41) is 11.4. The molecule has 1 N–H and O–H groups in total. The maximum atomic E-state index is 10.2. The number of aliphatic hydroxyl groups is 1. The van der Waals surface area contributed by atoms with Crippen LogP contribution >= 0.6 is 39.1 Å². The number of benzene rings is 2. The normalized spacial score (nSPS) is 12.4. The Balaban J connectivity index is 2.25. The zero-order valence-electron chi connectivity index (χ0n) is 9.41. The molecule has 0 aliphatic heterocycles. The molecule has 1 nitrogen and oxygen atoms in total. The van der Waals surface area contributed by atoms with Crippen LogP contribution in [0.1, 0.15) is 17.2 Å². The van der Waals surface area contributed by atoms with E-state index in [2.05, 4.69) is 15.9 Å². The number of hydrogen-bond donors (Lipinski definition) is 1. The fourth-order valence-electron chi connectivity index (χ4n) is 1.76. The summed E-state index contributed by atoms with van der Waals surface area (Å²) in [5.41, 5.74) is 1.61. The van der Waals surface area contributed by atoms with Gasteiger partial charge in [-0.25, -0.2) is 0 Å². The molecular weight excluding hydrogens is 335 g/mol. The summed E-state index contributed by atoms with van der Waals surface area (Å²) in [6.07, 6.45) is -0.231. The van der Waals surface area contributed by atoms with Gasteiger partial charge in [-0.3, -0.25) is 0 Å². The summed E-state index contributed by atoms with van der Waals surface area (Å²) in [6, 6.07) is 13.0. The van der Waals surface area contributed by atoms with E-state index < -0.39 is 6.10 Å². The van der Waals surface area contributed by atoms with Gasteiger partial charge in [-0.05, 0) is 33.6 Å². The maximum absolute atomic E-state index is 10.2. The third-order valence-electron chi connectivity index (χ3n) is 2.71. The third kappa shape index (κ3) is 3.07. The van der Waals surface area contributed by atoms with E-state index in [4.69, 9.17) is 23.2 Å². The summed E-state index contributed by atoms with van der Waals surface area (Å²) in [5.74, 6) is 0. The molecule has 0 aliphatic rings. The minimum atomic E-state index is -0.671. The molecule has 0 fully saturated rings. The van der Waals surface area contributed by atoms with Gasteiger partial charge in [-0.15, -0.1) is 0 Å². The number of aliphatic hydroxyl groups excluding tert-OH is 1. The van der Waals surface area contributed by atoms with E-state index in [1.165, 1.54) is 0 Å². The molecule has 0 radical (unpaired) electrons. The lowest BCUT2D eigenvalue weighted by atomic mass is 10.0. The molecule has 0 bridgehead atoms. The minimum absolute atomic E-state index is 0.440. The second-order valence-electron chi connectivity index (χ2n) is 3.95. The molecule has 2 aromatic carbocycles. The van der Waals surface area contributed by atoms with Gasteiger partial charge in [0.2, 0.25) is 0 Å². The fraction of sp³-hybridized carbons (Fsp3) is 0.143. The zero-order valence-corrected chi connectivity index (χ0v) is 12.5.